The van der Waals surface area contributed by atoms with E-state index in [0.717, 1.165) is 11.1 Å². The van der Waals surface area contributed by atoms with Gasteiger partial charge in [-0.15, -0.1) is 0 Å². The fraction of sp³-hybridized carbons (Fsp3) is 0.385. The molecular formula is C13H17NO3. The van der Waals surface area contributed by atoms with Gasteiger partial charge in [0.15, 0.2) is 5.78 Å². The van der Waals surface area contributed by atoms with Gasteiger partial charge in [0.1, 0.15) is 0 Å². The van der Waals surface area contributed by atoms with Gasteiger partial charge >= 0.3 is 5.97 Å². The minimum Gasteiger partial charge on any atom is -0.480 e. The molecule has 0 aliphatic carbocycles. The second kappa shape index (κ2) is 5.59. The van der Waals surface area contributed by atoms with Crippen LogP contribution in [-0.4, -0.2) is 29.4 Å². The Hall–Kier alpha value is -1.68. The number of aliphatic carboxylic acids is 1. The van der Waals surface area contributed by atoms with Crippen LogP contribution in [0.25, 0.3) is 0 Å². The fourth-order valence-electron chi connectivity index (χ4n) is 1.57. The first-order chi connectivity index (χ1) is 7.91. The summed E-state index contributed by atoms with van der Waals surface area (Å²) in [5.41, 5.74) is 2.57. The molecule has 0 saturated carbocycles. The second-order valence-electron chi connectivity index (χ2n) is 4.18. The van der Waals surface area contributed by atoms with Gasteiger partial charge < -0.3 is 5.11 Å². The minimum atomic E-state index is -0.967. The van der Waals surface area contributed by atoms with Gasteiger partial charge in [-0.3, -0.25) is 14.9 Å². The summed E-state index contributed by atoms with van der Waals surface area (Å²) in [5.74, 6) is -1.04. The van der Waals surface area contributed by atoms with Crippen molar-refractivity contribution in [1.29, 1.82) is 0 Å². The van der Waals surface area contributed by atoms with Crippen molar-refractivity contribution in [2.24, 2.45) is 0 Å². The molecule has 4 nitrogen and oxygen atoms in total. The third kappa shape index (κ3) is 3.67. The zero-order valence-corrected chi connectivity index (χ0v) is 10.3. The van der Waals surface area contributed by atoms with E-state index in [4.69, 9.17) is 5.11 Å². The number of carbonyl (C=O) groups excluding carboxylic acids is 1. The van der Waals surface area contributed by atoms with Crippen LogP contribution in [0.3, 0.4) is 0 Å². The molecule has 0 aliphatic heterocycles. The number of rotatable bonds is 5. The van der Waals surface area contributed by atoms with Crippen LogP contribution in [0.15, 0.2) is 18.2 Å². The molecule has 17 heavy (non-hydrogen) atoms. The lowest BCUT2D eigenvalue weighted by molar-refractivity contribution is -0.136. The summed E-state index contributed by atoms with van der Waals surface area (Å²) in [7, 11) is 0. The maximum Gasteiger partial charge on any atom is 0.317 e. The molecule has 4 heteroatoms. The van der Waals surface area contributed by atoms with Crippen LogP contribution in [-0.2, 0) is 4.79 Å². The third-order valence-corrected chi connectivity index (χ3v) is 2.61. The largest absolute Gasteiger partial charge is 0.480 e. The number of hydrogen-bond donors (Lipinski definition) is 2. The Morgan fingerprint density at radius 1 is 1.35 bits per heavy atom. The fourth-order valence-corrected chi connectivity index (χ4v) is 1.57. The number of Topliss-reactive ketones (excluding diaryl/α,β-unsaturated/α-hetero) is 1. The molecular weight excluding hydrogens is 218 g/mol. The van der Waals surface area contributed by atoms with Gasteiger partial charge in [-0.2, -0.15) is 0 Å². The summed E-state index contributed by atoms with van der Waals surface area (Å²) in [6.07, 6.45) is 0. The molecule has 0 amide bonds. The zero-order valence-electron chi connectivity index (χ0n) is 10.3. The van der Waals surface area contributed by atoms with Crippen LogP contribution in [0.4, 0.5) is 0 Å². The predicted molar refractivity (Wildman–Crippen MR) is 65.3 cm³/mol. The van der Waals surface area contributed by atoms with Crippen molar-refractivity contribution in [2.45, 2.75) is 26.8 Å². The molecule has 1 aromatic carbocycles. The van der Waals surface area contributed by atoms with Gasteiger partial charge in [0.25, 0.3) is 0 Å². The van der Waals surface area contributed by atoms with Crippen molar-refractivity contribution in [3.8, 4) is 0 Å². The number of carboxylic acid groups (broad SMARTS) is 1. The van der Waals surface area contributed by atoms with E-state index in [1.54, 1.807) is 6.92 Å². The molecule has 2 N–H and O–H groups in total. The highest BCUT2D eigenvalue weighted by Crippen LogP contribution is 2.12. The Bertz CT molecular complexity index is 440. The number of carboxylic acids is 1. The van der Waals surface area contributed by atoms with E-state index in [1.165, 1.54) is 0 Å². The van der Waals surface area contributed by atoms with Gasteiger partial charge in [-0.25, -0.2) is 0 Å². The van der Waals surface area contributed by atoms with Crippen molar-refractivity contribution in [3.63, 3.8) is 0 Å². The highest BCUT2D eigenvalue weighted by atomic mass is 16.4. The van der Waals surface area contributed by atoms with Crippen LogP contribution in [0, 0.1) is 13.8 Å². The van der Waals surface area contributed by atoms with Crippen molar-refractivity contribution in [3.05, 3.63) is 34.9 Å². The molecule has 0 bridgehead atoms. The van der Waals surface area contributed by atoms with E-state index in [2.05, 4.69) is 5.32 Å². The Labute approximate surface area is 101 Å². The van der Waals surface area contributed by atoms with Crippen LogP contribution < -0.4 is 5.32 Å². The molecule has 1 unspecified atom stereocenters. The highest BCUT2D eigenvalue weighted by molar-refractivity contribution is 6.01. The van der Waals surface area contributed by atoms with Crippen LogP contribution in [0.1, 0.15) is 28.4 Å². The maximum absolute atomic E-state index is 12.1. The van der Waals surface area contributed by atoms with Gasteiger partial charge in [-0.05, 0) is 32.4 Å². The van der Waals surface area contributed by atoms with Crippen molar-refractivity contribution in [2.75, 3.05) is 6.54 Å². The number of ketones is 1. The molecule has 92 valence electrons. The van der Waals surface area contributed by atoms with E-state index in [-0.39, 0.29) is 12.3 Å². The van der Waals surface area contributed by atoms with Crippen LogP contribution in [0.2, 0.25) is 0 Å². The molecule has 0 aromatic heterocycles. The predicted octanol–water partition coefficient (Wildman–Crippen LogP) is 1.55. The summed E-state index contributed by atoms with van der Waals surface area (Å²) in [6.45, 7) is 5.26. The van der Waals surface area contributed by atoms with E-state index in [1.807, 2.05) is 32.0 Å². The van der Waals surface area contributed by atoms with Crippen LogP contribution >= 0.6 is 0 Å². The molecule has 0 radical (unpaired) electrons. The first-order valence-electron chi connectivity index (χ1n) is 5.48. The van der Waals surface area contributed by atoms with Gasteiger partial charge in [-0.1, -0.05) is 17.7 Å². The molecule has 0 spiro atoms. The van der Waals surface area contributed by atoms with Gasteiger partial charge in [0, 0.05) is 5.56 Å². The Morgan fingerprint density at radius 2 is 2.00 bits per heavy atom. The average Bonchev–Trinajstić information content (AvgIpc) is 2.28. The lowest BCUT2D eigenvalue weighted by Gasteiger charge is -2.13. The Kier molecular flexibility index (Phi) is 4.40. The van der Waals surface area contributed by atoms with E-state index in [9.17, 15) is 9.59 Å². The minimum absolute atomic E-state index is 0.0764. The van der Waals surface area contributed by atoms with Gasteiger partial charge in [0.2, 0.25) is 0 Å². The monoisotopic (exact) mass is 235 g/mol. The molecule has 0 fully saturated rings. The first-order valence-corrected chi connectivity index (χ1v) is 5.48. The maximum atomic E-state index is 12.1. The Balaban J connectivity index is 2.81. The average molecular weight is 235 g/mol. The smallest absolute Gasteiger partial charge is 0.317 e. The summed E-state index contributed by atoms with van der Waals surface area (Å²) in [6, 6.07) is 5.18. The molecule has 1 aromatic rings. The van der Waals surface area contributed by atoms with Crippen molar-refractivity contribution < 1.29 is 14.7 Å². The molecule has 1 rings (SSSR count). The highest BCUT2D eigenvalue weighted by Gasteiger charge is 2.17. The van der Waals surface area contributed by atoms with Crippen molar-refractivity contribution in [1.82, 2.24) is 5.32 Å². The summed E-state index contributed by atoms with van der Waals surface area (Å²) in [4.78, 5) is 22.5. The topological polar surface area (TPSA) is 66.4 Å². The molecule has 1 atom stereocenters. The second-order valence-corrected chi connectivity index (χ2v) is 4.18. The molecule has 0 heterocycles. The lowest BCUT2D eigenvalue weighted by atomic mass is 9.98. The third-order valence-electron chi connectivity index (χ3n) is 2.61. The number of nitrogens with one attached hydrogen (secondary N) is 1. The number of benzene rings is 1. The summed E-state index contributed by atoms with van der Waals surface area (Å²) >= 11 is 0. The zero-order chi connectivity index (χ0) is 13.0. The molecule has 0 saturated heterocycles. The Morgan fingerprint density at radius 3 is 2.59 bits per heavy atom. The number of aryl methyl sites for hydroxylation is 2. The van der Waals surface area contributed by atoms with E-state index in [0.29, 0.717) is 5.56 Å². The summed E-state index contributed by atoms with van der Waals surface area (Å²) < 4.78 is 0. The normalized spacial score (nSPS) is 12.2. The number of hydrogen-bond acceptors (Lipinski definition) is 3. The van der Waals surface area contributed by atoms with E-state index >= 15 is 0 Å². The quantitative estimate of drug-likeness (QED) is 0.760. The SMILES string of the molecule is Cc1ccc(C)c(C(=O)C(C)NCC(=O)O)c1. The molecule has 0 aliphatic rings. The number of carbonyl (C=O) groups is 2. The lowest BCUT2D eigenvalue weighted by Crippen LogP contribution is -2.37. The van der Waals surface area contributed by atoms with Crippen LogP contribution in [0.5, 0.6) is 0 Å². The standard InChI is InChI=1S/C13H17NO3/c1-8-4-5-9(2)11(6-8)13(17)10(3)14-7-12(15)16/h4-6,10,14H,7H2,1-3H3,(H,15,16). The first kappa shape index (κ1) is 13.4. The van der Waals surface area contributed by atoms with Crippen molar-refractivity contribution >= 4 is 11.8 Å². The van der Waals surface area contributed by atoms with Gasteiger partial charge in [0.05, 0.1) is 12.6 Å². The van der Waals surface area contributed by atoms with E-state index < -0.39 is 12.0 Å². The summed E-state index contributed by atoms with van der Waals surface area (Å²) in [5, 5.41) is 11.2.